The van der Waals surface area contributed by atoms with E-state index in [9.17, 15) is 5.11 Å². The van der Waals surface area contributed by atoms with E-state index in [-0.39, 0.29) is 5.90 Å². The van der Waals surface area contributed by atoms with Crippen LogP contribution in [-0.4, -0.2) is 16.7 Å². The van der Waals surface area contributed by atoms with Crippen LogP contribution in [0.5, 0.6) is 0 Å². The lowest BCUT2D eigenvalue weighted by Crippen LogP contribution is -2.15. The Labute approximate surface area is 98.0 Å². The van der Waals surface area contributed by atoms with Gasteiger partial charge in [0.2, 0.25) is 0 Å². The van der Waals surface area contributed by atoms with Crippen molar-refractivity contribution in [1.29, 1.82) is 0 Å². The van der Waals surface area contributed by atoms with Gasteiger partial charge in [-0.3, -0.25) is 0 Å². The number of aliphatic imine (C=N–C) groups is 2. The molecule has 4 heteroatoms. The maximum absolute atomic E-state index is 11.6. The molecule has 3 rings (SSSR count). The van der Waals surface area contributed by atoms with E-state index >= 15 is 0 Å². The number of benzene rings is 1. The third-order valence-electron chi connectivity index (χ3n) is 2.48. The number of pyridine rings is 1. The first-order chi connectivity index (χ1) is 8.34. The maximum Gasteiger partial charge on any atom is 0.161 e. The molecule has 0 aliphatic carbocycles. The van der Waals surface area contributed by atoms with Crippen LogP contribution in [0.1, 0.15) is 11.1 Å². The Morgan fingerprint density at radius 3 is 2.47 bits per heavy atom. The third-order valence-corrected chi connectivity index (χ3v) is 2.48. The number of nitrogens with zero attached hydrogens (tertiary/aromatic N) is 3. The average Bonchev–Trinajstić information content (AvgIpc) is 2.69. The second kappa shape index (κ2) is 3.83. The maximum atomic E-state index is 11.6. The van der Waals surface area contributed by atoms with Crippen LogP contribution in [0.15, 0.2) is 58.6 Å². The van der Waals surface area contributed by atoms with E-state index < -0.39 is 0 Å². The molecular weight excluding hydrogens is 214 g/mol. The van der Waals surface area contributed by atoms with Crippen molar-refractivity contribution >= 4 is 17.6 Å². The molecule has 0 saturated heterocycles. The number of hydrogen-bond donors (Lipinski definition) is 0. The van der Waals surface area contributed by atoms with Crippen molar-refractivity contribution < 1.29 is 5.11 Å². The fourth-order valence-corrected chi connectivity index (χ4v) is 1.69. The monoisotopic (exact) mass is 222 g/mol. The molecular formula is C13H8N3O-. The summed E-state index contributed by atoms with van der Waals surface area (Å²) in [5.41, 5.74) is 1.37. The summed E-state index contributed by atoms with van der Waals surface area (Å²) in [6.07, 6.45) is 1.65. The molecule has 1 aromatic heterocycles. The number of rotatable bonds is 1. The molecule has 0 radical (unpaired) electrons. The summed E-state index contributed by atoms with van der Waals surface area (Å²) in [4.78, 5) is 12.3. The number of aromatic nitrogens is 1. The van der Waals surface area contributed by atoms with Gasteiger partial charge in [0.1, 0.15) is 0 Å². The smallest absolute Gasteiger partial charge is 0.161 e. The highest BCUT2D eigenvalue weighted by atomic mass is 16.3. The zero-order valence-electron chi connectivity index (χ0n) is 8.87. The molecule has 0 bridgehead atoms. The minimum Gasteiger partial charge on any atom is -0.858 e. The van der Waals surface area contributed by atoms with E-state index in [4.69, 9.17) is 0 Å². The summed E-state index contributed by atoms with van der Waals surface area (Å²) in [5.74, 6) is 0.746. The van der Waals surface area contributed by atoms with Crippen LogP contribution < -0.4 is 5.11 Å². The first-order valence-corrected chi connectivity index (χ1v) is 5.20. The van der Waals surface area contributed by atoms with Crippen LogP contribution in [0.4, 0.5) is 5.82 Å². The van der Waals surface area contributed by atoms with Crippen molar-refractivity contribution in [1.82, 2.24) is 4.98 Å². The Balaban J connectivity index is 2.10. The molecule has 2 aromatic rings. The number of hydrogen-bond acceptors (Lipinski definition) is 3. The molecule has 2 heterocycles. The molecule has 0 atom stereocenters. The molecule has 0 fully saturated rings. The van der Waals surface area contributed by atoms with Gasteiger partial charge < -0.3 is 5.11 Å². The van der Waals surface area contributed by atoms with Gasteiger partial charge in [0.15, 0.2) is 11.7 Å². The highest BCUT2D eigenvalue weighted by Gasteiger charge is 2.14. The molecule has 1 aromatic carbocycles. The molecule has 82 valence electrons. The van der Waals surface area contributed by atoms with Gasteiger partial charge in [-0.15, -0.1) is 0 Å². The average molecular weight is 222 g/mol. The normalized spacial score (nSPS) is 15.8. The number of fused-ring (bicyclic) bond motifs is 1. The first kappa shape index (κ1) is 9.72. The van der Waals surface area contributed by atoms with Gasteiger partial charge in [-0.25, -0.2) is 15.0 Å². The Bertz CT molecular complexity index is 618. The quantitative estimate of drug-likeness (QED) is 0.729. The van der Waals surface area contributed by atoms with Crippen molar-refractivity contribution in [3.05, 3.63) is 59.8 Å². The first-order valence-electron chi connectivity index (χ1n) is 5.20. The van der Waals surface area contributed by atoms with E-state index in [1.165, 1.54) is 0 Å². The van der Waals surface area contributed by atoms with Gasteiger partial charge in [0.25, 0.3) is 0 Å². The summed E-state index contributed by atoms with van der Waals surface area (Å²) >= 11 is 0. The third kappa shape index (κ3) is 1.69. The van der Waals surface area contributed by atoms with E-state index in [0.717, 1.165) is 5.56 Å². The van der Waals surface area contributed by atoms with Crippen molar-refractivity contribution in [2.45, 2.75) is 0 Å². The predicted molar refractivity (Wildman–Crippen MR) is 63.4 cm³/mol. The van der Waals surface area contributed by atoms with E-state index in [0.29, 0.717) is 17.2 Å². The minimum atomic E-state index is -0.240. The van der Waals surface area contributed by atoms with Crippen LogP contribution in [0.25, 0.3) is 0 Å². The lowest BCUT2D eigenvalue weighted by atomic mass is 10.1. The molecule has 4 nitrogen and oxygen atoms in total. The molecule has 1 aliphatic heterocycles. The van der Waals surface area contributed by atoms with Crippen molar-refractivity contribution in [2.75, 3.05) is 0 Å². The Kier molecular flexibility index (Phi) is 2.19. The van der Waals surface area contributed by atoms with Gasteiger partial charge in [0, 0.05) is 11.8 Å². The SMILES string of the molecule is [O-]C1=N/C(=N\c2ccccn2)c2ccccc21. The highest BCUT2D eigenvalue weighted by molar-refractivity contribution is 6.19. The summed E-state index contributed by atoms with van der Waals surface area (Å²) in [6, 6.07) is 12.7. The minimum absolute atomic E-state index is 0.240. The summed E-state index contributed by atoms with van der Waals surface area (Å²) in [7, 11) is 0. The predicted octanol–water partition coefficient (Wildman–Crippen LogP) is 1.28. The Hall–Kier alpha value is -2.49. The van der Waals surface area contributed by atoms with Gasteiger partial charge in [0.05, 0.1) is 0 Å². The molecule has 1 aliphatic rings. The van der Waals surface area contributed by atoms with Gasteiger partial charge in [-0.2, -0.15) is 0 Å². The second-order valence-corrected chi connectivity index (χ2v) is 3.59. The number of amidine groups is 1. The van der Waals surface area contributed by atoms with Crippen LogP contribution in [0.3, 0.4) is 0 Å². The summed E-state index contributed by atoms with van der Waals surface area (Å²) in [6.45, 7) is 0. The summed E-state index contributed by atoms with van der Waals surface area (Å²) in [5, 5.41) is 11.6. The fraction of sp³-hybridized carbons (Fsp3) is 0. The van der Waals surface area contributed by atoms with Crippen LogP contribution in [0, 0.1) is 0 Å². The van der Waals surface area contributed by atoms with Gasteiger partial charge >= 0.3 is 0 Å². The standard InChI is InChI=1S/C13H9N3O/c17-13-10-6-2-1-5-9(10)12(16-13)15-11-7-3-4-8-14-11/h1-8H,(H,14,15,16,17)/p-1. The van der Waals surface area contributed by atoms with E-state index in [1.54, 1.807) is 18.3 Å². The van der Waals surface area contributed by atoms with Crippen LogP contribution >= 0.6 is 0 Å². The largest absolute Gasteiger partial charge is 0.858 e. The van der Waals surface area contributed by atoms with Gasteiger partial charge in [-0.1, -0.05) is 30.3 Å². The molecule has 0 spiro atoms. The highest BCUT2D eigenvalue weighted by Crippen LogP contribution is 2.19. The zero-order chi connectivity index (χ0) is 11.7. The Morgan fingerprint density at radius 2 is 1.71 bits per heavy atom. The van der Waals surface area contributed by atoms with Crippen molar-refractivity contribution in [3.8, 4) is 0 Å². The second-order valence-electron chi connectivity index (χ2n) is 3.59. The van der Waals surface area contributed by atoms with Gasteiger partial charge in [-0.05, 0) is 23.6 Å². The molecule has 0 N–H and O–H groups in total. The lowest BCUT2D eigenvalue weighted by molar-refractivity contribution is -0.212. The van der Waals surface area contributed by atoms with Crippen molar-refractivity contribution in [2.24, 2.45) is 9.98 Å². The van der Waals surface area contributed by atoms with Crippen LogP contribution in [-0.2, 0) is 0 Å². The topological polar surface area (TPSA) is 60.7 Å². The van der Waals surface area contributed by atoms with E-state index in [2.05, 4.69) is 15.0 Å². The molecule has 0 saturated carbocycles. The molecule has 0 amide bonds. The summed E-state index contributed by atoms with van der Waals surface area (Å²) < 4.78 is 0. The fourth-order valence-electron chi connectivity index (χ4n) is 1.69. The molecule has 0 unspecified atom stereocenters. The zero-order valence-corrected chi connectivity index (χ0v) is 8.87. The molecule has 17 heavy (non-hydrogen) atoms. The lowest BCUT2D eigenvalue weighted by Gasteiger charge is -2.03. The Morgan fingerprint density at radius 1 is 0.941 bits per heavy atom. The van der Waals surface area contributed by atoms with Crippen LogP contribution in [0.2, 0.25) is 0 Å². The van der Waals surface area contributed by atoms with Crippen molar-refractivity contribution in [3.63, 3.8) is 0 Å². The van der Waals surface area contributed by atoms with E-state index in [1.807, 2.05) is 30.3 Å².